The Hall–Kier alpha value is -0.890. The van der Waals surface area contributed by atoms with Gasteiger partial charge in [0.15, 0.2) is 5.96 Å². The van der Waals surface area contributed by atoms with Crippen LogP contribution in [-0.4, -0.2) is 113 Å². The molecule has 0 aromatic rings. The van der Waals surface area contributed by atoms with Gasteiger partial charge in [0, 0.05) is 79.2 Å². The maximum absolute atomic E-state index is 5.96. The second-order valence-electron chi connectivity index (χ2n) is 7.65. The lowest BCUT2D eigenvalue weighted by atomic mass is 10.1. The monoisotopic (exact) mass is 383 g/mol. The molecule has 0 amide bonds. The van der Waals surface area contributed by atoms with E-state index < -0.39 is 0 Å². The van der Waals surface area contributed by atoms with Gasteiger partial charge in [-0.15, -0.1) is 0 Å². The second-order valence-corrected chi connectivity index (χ2v) is 7.65. The smallest absolute Gasteiger partial charge is 0.193 e. The topological polar surface area (TPSA) is 52.6 Å². The Kier molecular flexibility index (Phi) is 10.4. The molecule has 2 aliphatic heterocycles. The molecular formula is C20H41N5O2. The first-order valence-electron chi connectivity index (χ1n) is 10.7. The van der Waals surface area contributed by atoms with E-state index in [0.717, 1.165) is 58.1 Å². The molecule has 1 N–H and O–H groups in total. The number of piperazine rings is 1. The van der Waals surface area contributed by atoms with Gasteiger partial charge in [0.1, 0.15) is 0 Å². The third-order valence-corrected chi connectivity index (χ3v) is 5.83. The zero-order valence-corrected chi connectivity index (χ0v) is 18.0. The Bertz CT molecular complexity index is 419. The standard InChI is InChI=1S/C20H41N5O2/c1-5-23-11-13-24(14-12-23)18(2)17-22-20(21-3)25-9-7-19(8-10-25)27-16-6-15-26-4/h18-19H,5-17H2,1-4H3,(H,21,22). The van der Waals surface area contributed by atoms with Gasteiger partial charge in [-0.25, -0.2) is 0 Å². The number of methoxy groups -OCH3 is 1. The van der Waals surface area contributed by atoms with Crippen LogP contribution in [-0.2, 0) is 9.47 Å². The van der Waals surface area contributed by atoms with Crippen LogP contribution >= 0.6 is 0 Å². The number of aliphatic imine (C=N–C) groups is 1. The summed E-state index contributed by atoms with van der Waals surface area (Å²) >= 11 is 0. The maximum atomic E-state index is 5.96. The van der Waals surface area contributed by atoms with E-state index in [9.17, 15) is 0 Å². The Labute approximate surface area is 166 Å². The van der Waals surface area contributed by atoms with Crippen molar-refractivity contribution in [1.29, 1.82) is 0 Å². The molecule has 0 spiro atoms. The normalized spacial score (nSPS) is 22.2. The highest BCUT2D eigenvalue weighted by molar-refractivity contribution is 5.80. The van der Waals surface area contributed by atoms with Gasteiger partial charge in [-0.3, -0.25) is 9.89 Å². The zero-order valence-electron chi connectivity index (χ0n) is 18.0. The van der Waals surface area contributed by atoms with Gasteiger partial charge in [0.25, 0.3) is 0 Å². The molecule has 1 atom stereocenters. The first kappa shape index (κ1) is 22.4. The van der Waals surface area contributed by atoms with Gasteiger partial charge in [0.05, 0.1) is 6.10 Å². The van der Waals surface area contributed by atoms with Crippen LogP contribution < -0.4 is 5.32 Å². The SMILES string of the molecule is CCN1CCN(C(C)CNC(=NC)N2CCC(OCCCOC)CC2)CC1. The molecule has 0 aliphatic carbocycles. The summed E-state index contributed by atoms with van der Waals surface area (Å²) in [7, 11) is 3.63. The summed E-state index contributed by atoms with van der Waals surface area (Å²) in [6.45, 7) is 15.0. The van der Waals surface area contributed by atoms with Crippen LogP contribution in [0.15, 0.2) is 4.99 Å². The Morgan fingerprint density at radius 3 is 2.41 bits per heavy atom. The number of likely N-dealkylation sites (N-methyl/N-ethyl adjacent to an activating group) is 1. The van der Waals surface area contributed by atoms with E-state index in [2.05, 4.69) is 38.9 Å². The molecule has 158 valence electrons. The lowest BCUT2D eigenvalue weighted by molar-refractivity contribution is 0.00983. The van der Waals surface area contributed by atoms with E-state index in [1.807, 2.05) is 7.05 Å². The van der Waals surface area contributed by atoms with Gasteiger partial charge in [-0.05, 0) is 32.7 Å². The van der Waals surface area contributed by atoms with Gasteiger partial charge in [-0.1, -0.05) is 6.92 Å². The van der Waals surface area contributed by atoms with Crippen LogP contribution in [0.25, 0.3) is 0 Å². The largest absolute Gasteiger partial charge is 0.385 e. The van der Waals surface area contributed by atoms with Crippen LogP contribution in [0, 0.1) is 0 Å². The van der Waals surface area contributed by atoms with Crippen LogP contribution in [0.4, 0.5) is 0 Å². The summed E-state index contributed by atoms with van der Waals surface area (Å²) in [6.07, 6.45) is 3.50. The van der Waals surface area contributed by atoms with Crippen LogP contribution in [0.1, 0.15) is 33.1 Å². The van der Waals surface area contributed by atoms with Crippen molar-refractivity contribution in [3.8, 4) is 0 Å². The van der Waals surface area contributed by atoms with Crippen molar-refractivity contribution >= 4 is 5.96 Å². The highest BCUT2D eigenvalue weighted by Gasteiger charge is 2.24. The van der Waals surface area contributed by atoms with Gasteiger partial charge in [0.2, 0.25) is 0 Å². The summed E-state index contributed by atoms with van der Waals surface area (Å²) < 4.78 is 11.0. The van der Waals surface area contributed by atoms with Crippen molar-refractivity contribution < 1.29 is 9.47 Å². The first-order valence-corrected chi connectivity index (χ1v) is 10.7. The van der Waals surface area contributed by atoms with Crippen molar-refractivity contribution in [3.05, 3.63) is 0 Å². The molecule has 7 heteroatoms. The van der Waals surface area contributed by atoms with Gasteiger partial charge < -0.3 is 24.6 Å². The molecule has 0 aromatic heterocycles. The number of piperidine rings is 1. The van der Waals surface area contributed by atoms with E-state index in [-0.39, 0.29) is 0 Å². The molecule has 27 heavy (non-hydrogen) atoms. The average molecular weight is 384 g/mol. The predicted octanol–water partition coefficient (Wildman–Crippen LogP) is 1.11. The Balaban J connectivity index is 1.65. The minimum atomic E-state index is 0.380. The lowest BCUT2D eigenvalue weighted by Crippen LogP contribution is -2.54. The molecule has 2 heterocycles. The number of ether oxygens (including phenoxy) is 2. The van der Waals surface area contributed by atoms with Crippen molar-refractivity contribution in [2.45, 2.75) is 45.3 Å². The van der Waals surface area contributed by atoms with Crippen LogP contribution in [0.2, 0.25) is 0 Å². The third-order valence-electron chi connectivity index (χ3n) is 5.83. The van der Waals surface area contributed by atoms with Crippen LogP contribution in [0.3, 0.4) is 0 Å². The number of guanidine groups is 1. The van der Waals surface area contributed by atoms with Crippen molar-refractivity contribution in [2.24, 2.45) is 4.99 Å². The van der Waals surface area contributed by atoms with Crippen LogP contribution in [0.5, 0.6) is 0 Å². The summed E-state index contributed by atoms with van der Waals surface area (Å²) in [5.41, 5.74) is 0. The predicted molar refractivity (Wildman–Crippen MR) is 112 cm³/mol. The molecule has 0 saturated carbocycles. The fourth-order valence-corrected chi connectivity index (χ4v) is 3.91. The van der Waals surface area contributed by atoms with Gasteiger partial charge >= 0.3 is 0 Å². The quantitative estimate of drug-likeness (QED) is 0.366. The highest BCUT2D eigenvalue weighted by atomic mass is 16.5. The summed E-state index contributed by atoms with van der Waals surface area (Å²) in [5.74, 6) is 1.03. The second kappa shape index (κ2) is 12.5. The molecular weight excluding hydrogens is 342 g/mol. The van der Waals surface area contributed by atoms with Gasteiger partial charge in [-0.2, -0.15) is 0 Å². The van der Waals surface area contributed by atoms with Crippen molar-refractivity contribution in [3.63, 3.8) is 0 Å². The number of hydrogen-bond donors (Lipinski definition) is 1. The first-order chi connectivity index (χ1) is 13.2. The molecule has 2 aliphatic rings. The minimum absolute atomic E-state index is 0.380. The average Bonchev–Trinajstić information content (AvgIpc) is 2.72. The number of nitrogens with zero attached hydrogens (tertiary/aromatic N) is 4. The van der Waals surface area contributed by atoms with E-state index in [4.69, 9.17) is 9.47 Å². The zero-order chi connectivity index (χ0) is 19.5. The highest BCUT2D eigenvalue weighted by Crippen LogP contribution is 2.14. The maximum Gasteiger partial charge on any atom is 0.193 e. The van der Waals surface area contributed by atoms with Crippen molar-refractivity contribution in [2.75, 3.05) is 79.7 Å². The summed E-state index contributed by atoms with van der Waals surface area (Å²) in [5, 5.41) is 3.60. The number of hydrogen-bond acceptors (Lipinski definition) is 5. The Morgan fingerprint density at radius 1 is 1.11 bits per heavy atom. The molecule has 2 rings (SSSR count). The molecule has 2 fully saturated rings. The Morgan fingerprint density at radius 2 is 1.81 bits per heavy atom. The summed E-state index contributed by atoms with van der Waals surface area (Å²) in [4.78, 5) is 12.0. The summed E-state index contributed by atoms with van der Waals surface area (Å²) in [6, 6.07) is 0.530. The molecule has 1 unspecified atom stereocenters. The third kappa shape index (κ3) is 7.56. The number of nitrogens with one attached hydrogen (secondary N) is 1. The molecule has 0 radical (unpaired) electrons. The molecule has 7 nitrogen and oxygen atoms in total. The minimum Gasteiger partial charge on any atom is -0.385 e. The number of rotatable bonds is 9. The molecule has 0 aromatic carbocycles. The van der Waals surface area contributed by atoms with E-state index in [1.54, 1.807) is 7.11 Å². The molecule has 0 bridgehead atoms. The number of likely N-dealkylation sites (tertiary alicyclic amines) is 1. The van der Waals surface area contributed by atoms with E-state index in [1.165, 1.54) is 32.7 Å². The lowest BCUT2D eigenvalue weighted by Gasteiger charge is -2.38. The molecule has 2 saturated heterocycles. The van der Waals surface area contributed by atoms with E-state index in [0.29, 0.717) is 12.1 Å². The van der Waals surface area contributed by atoms with E-state index >= 15 is 0 Å². The fraction of sp³-hybridized carbons (Fsp3) is 0.950. The fourth-order valence-electron chi connectivity index (χ4n) is 3.91. The van der Waals surface area contributed by atoms with Crippen molar-refractivity contribution in [1.82, 2.24) is 20.0 Å².